The Balaban J connectivity index is 1.38. The number of nitrogens with zero attached hydrogens (tertiary/aromatic N) is 3. The Morgan fingerprint density at radius 3 is 3.00 bits per heavy atom. The smallest absolute Gasteiger partial charge is 0.267 e. The maximum atomic E-state index is 12.3. The first-order valence-electron chi connectivity index (χ1n) is 9.01. The second-order valence-corrected chi connectivity index (χ2v) is 6.84. The Hall–Kier alpha value is -2.89. The first kappa shape index (κ1) is 16.6. The van der Waals surface area contributed by atoms with Gasteiger partial charge >= 0.3 is 0 Å². The second-order valence-electron chi connectivity index (χ2n) is 6.84. The van der Waals surface area contributed by atoms with Crippen LogP contribution in [0.1, 0.15) is 23.2 Å². The Labute approximate surface area is 151 Å². The van der Waals surface area contributed by atoms with Gasteiger partial charge in [-0.15, -0.1) is 0 Å². The fraction of sp³-hybridized carbons (Fsp3) is 0.350. The zero-order valence-electron chi connectivity index (χ0n) is 14.9. The van der Waals surface area contributed by atoms with Crippen LogP contribution < -0.4 is 10.9 Å². The predicted molar refractivity (Wildman–Crippen MR) is 100 cm³/mol. The fourth-order valence-corrected chi connectivity index (χ4v) is 3.70. The van der Waals surface area contributed by atoms with E-state index in [9.17, 15) is 9.59 Å². The van der Waals surface area contributed by atoms with Gasteiger partial charge in [0.25, 0.3) is 5.56 Å². The van der Waals surface area contributed by atoms with Gasteiger partial charge in [-0.2, -0.15) is 5.10 Å². The van der Waals surface area contributed by atoms with Crippen LogP contribution in [0.2, 0.25) is 0 Å². The van der Waals surface area contributed by atoms with Gasteiger partial charge in [0.1, 0.15) is 0 Å². The summed E-state index contributed by atoms with van der Waals surface area (Å²) < 4.78 is 3.49. The molecule has 0 aliphatic heterocycles. The molecule has 2 aromatic heterocycles. The third kappa shape index (κ3) is 3.14. The van der Waals surface area contributed by atoms with Gasteiger partial charge in [0.05, 0.1) is 18.7 Å². The fourth-order valence-electron chi connectivity index (χ4n) is 3.70. The largest absolute Gasteiger partial charge is 0.354 e. The maximum Gasteiger partial charge on any atom is 0.267 e. The van der Waals surface area contributed by atoms with Crippen molar-refractivity contribution in [1.82, 2.24) is 19.7 Å². The highest BCUT2D eigenvalue weighted by molar-refractivity contribution is 5.89. The number of carbonyl (C=O) groups excluding carboxylic acids is 1. The average molecular weight is 350 g/mol. The molecule has 0 unspecified atom stereocenters. The molecule has 134 valence electrons. The summed E-state index contributed by atoms with van der Waals surface area (Å²) >= 11 is 0. The van der Waals surface area contributed by atoms with E-state index < -0.39 is 0 Å². The van der Waals surface area contributed by atoms with Crippen LogP contribution in [0.4, 0.5) is 0 Å². The van der Waals surface area contributed by atoms with E-state index in [1.54, 1.807) is 6.07 Å². The molecule has 3 aromatic rings. The molecular formula is C20H22N4O2. The van der Waals surface area contributed by atoms with E-state index in [-0.39, 0.29) is 11.5 Å². The molecule has 1 aromatic carbocycles. The molecule has 0 atom stereocenters. The van der Waals surface area contributed by atoms with E-state index in [0.29, 0.717) is 19.5 Å². The van der Waals surface area contributed by atoms with Crippen LogP contribution in [0, 0.1) is 0 Å². The molecule has 1 aliphatic carbocycles. The first-order valence-corrected chi connectivity index (χ1v) is 9.01. The predicted octanol–water partition coefficient (Wildman–Crippen LogP) is 1.58. The van der Waals surface area contributed by atoms with Gasteiger partial charge < -0.3 is 9.88 Å². The van der Waals surface area contributed by atoms with Crippen molar-refractivity contribution in [2.45, 2.75) is 32.2 Å². The summed E-state index contributed by atoms with van der Waals surface area (Å²) in [5, 5.41) is 8.43. The molecule has 1 aliphatic rings. The van der Waals surface area contributed by atoms with E-state index in [1.807, 2.05) is 42.1 Å². The van der Waals surface area contributed by atoms with Gasteiger partial charge in [0.15, 0.2) is 0 Å². The van der Waals surface area contributed by atoms with Gasteiger partial charge in [0, 0.05) is 36.8 Å². The van der Waals surface area contributed by atoms with Gasteiger partial charge in [-0.1, -0.05) is 18.2 Å². The lowest BCUT2D eigenvalue weighted by atomic mass is 10.1. The van der Waals surface area contributed by atoms with Crippen LogP contribution >= 0.6 is 0 Å². The minimum atomic E-state index is -0.0889. The van der Waals surface area contributed by atoms with Crippen molar-refractivity contribution in [2.75, 3.05) is 6.54 Å². The summed E-state index contributed by atoms with van der Waals surface area (Å²) in [4.78, 5) is 24.4. The Morgan fingerprint density at radius 1 is 1.27 bits per heavy atom. The zero-order valence-corrected chi connectivity index (χ0v) is 14.9. The molecule has 26 heavy (non-hydrogen) atoms. The van der Waals surface area contributed by atoms with Gasteiger partial charge in [-0.05, 0) is 36.5 Å². The van der Waals surface area contributed by atoms with Crippen LogP contribution in [-0.4, -0.2) is 26.8 Å². The molecule has 1 amide bonds. The summed E-state index contributed by atoms with van der Waals surface area (Å²) in [5.74, 6) is -0.0458. The molecule has 0 fully saturated rings. The van der Waals surface area contributed by atoms with Crippen molar-refractivity contribution in [2.24, 2.45) is 7.05 Å². The van der Waals surface area contributed by atoms with Crippen LogP contribution in [-0.2, 0) is 37.6 Å². The highest BCUT2D eigenvalue weighted by atomic mass is 16.1. The number of nitrogens with one attached hydrogen (secondary N) is 1. The zero-order chi connectivity index (χ0) is 18.1. The Bertz CT molecular complexity index is 1030. The first-order chi connectivity index (χ1) is 12.6. The lowest BCUT2D eigenvalue weighted by Crippen LogP contribution is -2.33. The molecule has 4 rings (SSSR count). The van der Waals surface area contributed by atoms with Gasteiger partial charge in [-0.3, -0.25) is 9.59 Å². The van der Waals surface area contributed by atoms with Crippen LogP contribution in [0.25, 0.3) is 10.9 Å². The molecule has 0 radical (unpaired) electrons. The average Bonchev–Trinajstić information content (AvgIpc) is 3.20. The van der Waals surface area contributed by atoms with Crippen molar-refractivity contribution >= 4 is 16.8 Å². The normalized spacial score (nSPS) is 13.1. The number of hydrogen-bond acceptors (Lipinski definition) is 3. The quantitative estimate of drug-likeness (QED) is 0.760. The van der Waals surface area contributed by atoms with Crippen molar-refractivity contribution < 1.29 is 4.79 Å². The topological polar surface area (TPSA) is 68.9 Å². The third-order valence-corrected chi connectivity index (χ3v) is 5.00. The summed E-state index contributed by atoms with van der Waals surface area (Å²) in [6.45, 7) is 0.794. The van der Waals surface area contributed by atoms with Crippen molar-refractivity contribution in [3.63, 3.8) is 0 Å². The van der Waals surface area contributed by atoms with Gasteiger partial charge in [0.2, 0.25) is 5.91 Å². The molecule has 0 bridgehead atoms. The maximum absolute atomic E-state index is 12.3. The summed E-state index contributed by atoms with van der Waals surface area (Å²) in [7, 11) is 1.98. The van der Waals surface area contributed by atoms with E-state index in [2.05, 4.69) is 10.4 Å². The van der Waals surface area contributed by atoms with Crippen LogP contribution in [0.5, 0.6) is 0 Å². The highest BCUT2D eigenvalue weighted by Gasteiger charge is 2.15. The Morgan fingerprint density at radius 2 is 2.12 bits per heavy atom. The number of benzene rings is 1. The third-order valence-electron chi connectivity index (χ3n) is 5.00. The number of rotatable bonds is 5. The standard InChI is InChI=1S/C20H22N4O2/c1-23-13-15(16-6-2-3-8-18(16)23)11-19(25)21-9-10-24-20(26)12-14-5-4-7-17(14)22-24/h2-3,6,8,12-13H,4-5,7,9-11H2,1H3,(H,21,25). The molecule has 0 saturated heterocycles. The molecule has 1 N–H and O–H groups in total. The number of amides is 1. The van der Waals surface area contributed by atoms with Crippen LogP contribution in [0.3, 0.4) is 0 Å². The van der Waals surface area contributed by atoms with Crippen molar-refractivity contribution in [3.8, 4) is 0 Å². The molecule has 6 heteroatoms. The van der Waals surface area contributed by atoms with Crippen LogP contribution in [0.15, 0.2) is 41.3 Å². The Kier molecular flexibility index (Phi) is 4.32. The lowest BCUT2D eigenvalue weighted by Gasteiger charge is -2.08. The highest BCUT2D eigenvalue weighted by Crippen LogP contribution is 2.20. The SMILES string of the molecule is Cn1cc(CC(=O)NCCn2nc3c(cc2=O)CCC3)c2ccccc21. The minimum Gasteiger partial charge on any atom is -0.354 e. The number of aryl methyl sites for hydroxylation is 3. The lowest BCUT2D eigenvalue weighted by molar-refractivity contribution is -0.120. The molecule has 0 spiro atoms. The number of para-hydroxylation sites is 1. The van der Waals surface area contributed by atoms with E-state index >= 15 is 0 Å². The van der Waals surface area contributed by atoms with E-state index in [0.717, 1.165) is 47.0 Å². The summed E-state index contributed by atoms with van der Waals surface area (Å²) in [5.41, 5.74) is 4.13. The van der Waals surface area contributed by atoms with Gasteiger partial charge in [-0.25, -0.2) is 4.68 Å². The monoisotopic (exact) mass is 350 g/mol. The van der Waals surface area contributed by atoms with E-state index in [1.165, 1.54) is 4.68 Å². The molecule has 0 saturated carbocycles. The van der Waals surface area contributed by atoms with Crippen molar-refractivity contribution in [3.05, 3.63) is 63.7 Å². The molecule has 2 heterocycles. The number of hydrogen-bond donors (Lipinski definition) is 1. The van der Waals surface area contributed by atoms with E-state index in [4.69, 9.17) is 0 Å². The summed E-state index contributed by atoms with van der Waals surface area (Å²) in [6.07, 6.45) is 5.27. The molecule has 6 nitrogen and oxygen atoms in total. The molecular weight excluding hydrogens is 328 g/mol. The second kappa shape index (κ2) is 6.78. The summed E-state index contributed by atoms with van der Waals surface area (Å²) in [6, 6.07) is 9.74. The minimum absolute atomic E-state index is 0.0458. The van der Waals surface area contributed by atoms with Crippen molar-refractivity contribution in [1.29, 1.82) is 0 Å². The number of carbonyl (C=O) groups is 1. The number of fused-ring (bicyclic) bond motifs is 2. The number of aromatic nitrogens is 3.